The maximum atomic E-state index is 12.8. The van der Waals surface area contributed by atoms with Crippen LogP contribution in [-0.4, -0.2) is 9.13 Å². The van der Waals surface area contributed by atoms with E-state index in [4.69, 9.17) is 0 Å². The fourth-order valence-electron chi connectivity index (χ4n) is 2.78. The summed E-state index contributed by atoms with van der Waals surface area (Å²) < 4.78 is 40.9. The molecule has 0 aliphatic carbocycles. The Morgan fingerprint density at radius 2 is 1.41 bits per heavy atom. The Bertz CT molecular complexity index is 1040. The summed E-state index contributed by atoms with van der Waals surface area (Å²) in [6.07, 6.45) is -0.949. The lowest BCUT2D eigenvalue weighted by Crippen LogP contribution is -2.41. The number of alkyl halides is 3. The summed E-state index contributed by atoms with van der Waals surface area (Å²) in [6, 6.07) is 14.3. The topological polar surface area (TPSA) is 44.0 Å². The van der Waals surface area contributed by atoms with E-state index in [1.54, 1.807) is 0 Å². The maximum absolute atomic E-state index is 12.8. The zero-order chi connectivity index (χ0) is 19.4. The van der Waals surface area contributed by atoms with Crippen molar-refractivity contribution in [3.05, 3.63) is 104 Å². The van der Waals surface area contributed by atoms with Crippen molar-refractivity contribution in [2.24, 2.45) is 0 Å². The Labute approximate surface area is 153 Å². The molecule has 0 aliphatic heterocycles. The normalized spacial score (nSPS) is 11.5. The Balaban J connectivity index is 1.79. The molecule has 0 aliphatic rings. The zero-order valence-corrected chi connectivity index (χ0v) is 14.3. The minimum absolute atomic E-state index is 0.0997. The highest BCUT2D eigenvalue weighted by Gasteiger charge is 2.30. The highest BCUT2D eigenvalue weighted by molar-refractivity contribution is 5.26. The summed E-state index contributed by atoms with van der Waals surface area (Å²) in [5, 5.41) is 0. The van der Waals surface area contributed by atoms with Crippen molar-refractivity contribution in [3.8, 4) is 0 Å². The highest BCUT2D eigenvalue weighted by atomic mass is 19.4. The molecule has 0 saturated carbocycles. The monoisotopic (exact) mass is 374 g/mol. The highest BCUT2D eigenvalue weighted by Crippen LogP contribution is 2.29. The van der Waals surface area contributed by atoms with Crippen LogP contribution < -0.4 is 11.1 Å². The minimum Gasteiger partial charge on any atom is -0.309 e. The van der Waals surface area contributed by atoms with E-state index in [0.29, 0.717) is 18.5 Å². The molecule has 140 valence electrons. The van der Waals surface area contributed by atoms with Crippen LogP contribution in [0, 0.1) is 0 Å². The van der Waals surface area contributed by atoms with Crippen LogP contribution in [0.15, 0.2) is 76.6 Å². The van der Waals surface area contributed by atoms with E-state index in [9.17, 15) is 22.8 Å². The second-order valence-corrected chi connectivity index (χ2v) is 6.16. The fraction of sp³-hybridized carbons (Fsp3) is 0.200. The van der Waals surface area contributed by atoms with Gasteiger partial charge in [-0.3, -0.25) is 9.59 Å². The molecule has 0 fully saturated rings. The lowest BCUT2D eigenvalue weighted by Gasteiger charge is -2.11. The van der Waals surface area contributed by atoms with Crippen LogP contribution >= 0.6 is 0 Å². The van der Waals surface area contributed by atoms with Gasteiger partial charge >= 0.3 is 17.3 Å². The summed E-state index contributed by atoms with van der Waals surface area (Å²) in [6.45, 7) is 0.250. The number of halogens is 3. The predicted octanol–water partition coefficient (Wildman–Crippen LogP) is 3.32. The van der Waals surface area contributed by atoms with Crippen LogP contribution in [0.2, 0.25) is 0 Å². The molecule has 1 heterocycles. The zero-order valence-electron chi connectivity index (χ0n) is 14.3. The average Bonchev–Trinajstić information content (AvgIpc) is 2.65. The van der Waals surface area contributed by atoms with Crippen LogP contribution in [0.1, 0.15) is 16.7 Å². The number of rotatable bonds is 5. The van der Waals surface area contributed by atoms with Gasteiger partial charge < -0.3 is 9.13 Å². The molecule has 0 N–H and O–H groups in total. The summed E-state index contributed by atoms with van der Waals surface area (Å²) in [4.78, 5) is 24.6. The van der Waals surface area contributed by atoms with Crippen LogP contribution in [0.4, 0.5) is 13.2 Å². The number of nitrogens with zero attached hydrogens (tertiary/aromatic N) is 2. The second-order valence-electron chi connectivity index (χ2n) is 6.16. The molecule has 0 amide bonds. The quantitative estimate of drug-likeness (QED) is 0.643. The molecule has 7 heteroatoms. The van der Waals surface area contributed by atoms with E-state index in [2.05, 4.69) is 0 Å². The van der Waals surface area contributed by atoms with Gasteiger partial charge in [0, 0.05) is 18.9 Å². The number of hydrogen-bond acceptors (Lipinski definition) is 2. The molecule has 0 spiro atoms. The minimum atomic E-state index is -4.46. The molecular formula is C20H17F3N2O2. The molecule has 0 atom stereocenters. The van der Waals surface area contributed by atoms with Gasteiger partial charge in [0.15, 0.2) is 0 Å². The van der Waals surface area contributed by atoms with Crippen molar-refractivity contribution in [3.63, 3.8) is 0 Å². The molecule has 3 rings (SSSR count). The van der Waals surface area contributed by atoms with Gasteiger partial charge in [-0.05, 0) is 29.7 Å². The Hall–Kier alpha value is -3.09. The predicted molar refractivity (Wildman–Crippen MR) is 95.7 cm³/mol. The Morgan fingerprint density at radius 3 is 2.11 bits per heavy atom. The van der Waals surface area contributed by atoms with Crippen LogP contribution in [0.5, 0.6) is 0 Å². The first kappa shape index (κ1) is 18.7. The molecule has 27 heavy (non-hydrogen) atoms. The smallest absolute Gasteiger partial charge is 0.309 e. The summed E-state index contributed by atoms with van der Waals surface area (Å²) in [5.41, 5.74) is -0.904. The van der Waals surface area contributed by atoms with Crippen LogP contribution in [-0.2, 0) is 25.7 Å². The van der Waals surface area contributed by atoms with Crippen LogP contribution in [0.25, 0.3) is 0 Å². The largest absolute Gasteiger partial charge is 0.416 e. The first-order chi connectivity index (χ1) is 12.8. The number of aryl methyl sites for hydroxylation is 2. The average molecular weight is 374 g/mol. The van der Waals surface area contributed by atoms with E-state index in [1.807, 2.05) is 30.3 Å². The molecule has 0 radical (unpaired) electrons. The number of hydrogen-bond donors (Lipinski definition) is 0. The van der Waals surface area contributed by atoms with E-state index >= 15 is 0 Å². The van der Waals surface area contributed by atoms with Gasteiger partial charge in [-0.25, -0.2) is 0 Å². The van der Waals surface area contributed by atoms with Crippen molar-refractivity contribution in [2.45, 2.75) is 25.7 Å². The molecule has 2 aromatic carbocycles. The van der Waals surface area contributed by atoms with E-state index in [0.717, 1.165) is 22.3 Å². The lowest BCUT2D eigenvalue weighted by molar-refractivity contribution is -0.137. The standard InChI is InChI=1S/C20H17F3N2O2/c21-20(22,23)17-8-4-7-16(13-17)14-25-12-11-24(18(26)19(25)27)10-9-15-5-2-1-3-6-15/h1-8,11-13H,9-10,14H2. The number of aromatic nitrogens is 2. The van der Waals surface area contributed by atoms with Gasteiger partial charge in [0.1, 0.15) is 0 Å². The Kier molecular flexibility index (Phi) is 5.30. The van der Waals surface area contributed by atoms with Crippen molar-refractivity contribution in [1.29, 1.82) is 0 Å². The SMILES string of the molecule is O=c1c(=O)n(Cc2cccc(C(F)(F)F)c2)ccn1CCc1ccccc1. The molecular weight excluding hydrogens is 357 g/mol. The van der Waals surface area contributed by atoms with Crippen molar-refractivity contribution < 1.29 is 13.2 Å². The third-order valence-electron chi connectivity index (χ3n) is 4.22. The van der Waals surface area contributed by atoms with Gasteiger partial charge in [-0.15, -0.1) is 0 Å². The van der Waals surface area contributed by atoms with Crippen LogP contribution in [0.3, 0.4) is 0 Å². The first-order valence-corrected chi connectivity index (χ1v) is 8.34. The number of benzene rings is 2. The summed E-state index contributed by atoms with van der Waals surface area (Å²) in [7, 11) is 0. The first-order valence-electron chi connectivity index (χ1n) is 8.34. The van der Waals surface area contributed by atoms with Gasteiger partial charge in [0.25, 0.3) is 0 Å². The van der Waals surface area contributed by atoms with Gasteiger partial charge in [-0.2, -0.15) is 13.2 Å². The maximum Gasteiger partial charge on any atom is 0.416 e. The molecule has 0 unspecified atom stereocenters. The second kappa shape index (κ2) is 7.65. The molecule has 1 aromatic heterocycles. The molecule has 0 saturated heterocycles. The third kappa shape index (κ3) is 4.55. The van der Waals surface area contributed by atoms with Gasteiger partial charge in [-0.1, -0.05) is 42.5 Å². The van der Waals surface area contributed by atoms with E-state index < -0.39 is 22.9 Å². The van der Waals surface area contributed by atoms with Gasteiger partial charge in [0.05, 0.1) is 12.1 Å². The van der Waals surface area contributed by atoms with Crippen molar-refractivity contribution >= 4 is 0 Å². The molecule has 3 aromatic rings. The van der Waals surface area contributed by atoms with Crippen molar-refractivity contribution in [1.82, 2.24) is 9.13 Å². The Morgan fingerprint density at radius 1 is 0.778 bits per heavy atom. The molecule has 0 bridgehead atoms. The molecule has 4 nitrogen and oxygen atoms in total. The fourth-order valence-corrected chi connectivity index (χ4v) is 2.78. The lowest BCUT2D eigenvalue weighted by atomic mass is 10.1. The van der Waals surface area contributed by atoms with E-state index in [1.165, 1.54) is 29.1 Å². The van der Waals surface area contributed by atoms with Gasteiger partial charge in [0.2, 0.25) is 0 Å². The third-order valence-corrected chi connectivity index (χ3v) is 4.22. The van der Waals surface area contributed by atoms with Crippen molar-refractivity contribution in [2.75, 3.05) is 0 Å². The summed E-state index contributed by atoms with van der Waals surface area (Å²) in [5.74, 6) is 0. The van der Waals surface area contributed by atoms with E-state index in [-0.39, 0.29) is 6.54 Å². The summed E-state index contributed by atoms with van der Waals surface area (Å²) >= 11 is 0.